The fourth-order valence-corrected chi connectivity index (χ4v) is 3.36. The number of nitrogens with zero attached hydrogens (tertiary/aromatic N) is 1. The molecular formula is C22H21FN2O4. The molecule has 4 rings (SSSR count). The molecule has 0 bridgehead atoms. The number of rotatable bonds is 5. The van der Waals surface area contributed by atoms with Gasteiger partial charge in [0.25, 0.3) is 5.91 Å². The van der Waals surface area contributed by atoms with Gasteiger partial charge in [-0.25, -0.2) is 4.39 Å². The number of hydrogen-bond acceptors (Lipinski definition) is 4. The fourth-order valence-electron chi connectivity index (χ4n) is 3.36. The highest BCUT2D eigenvalue weighted by Crippen LogP contribution is 2.35. The molecule has 2 aliphatic rings. The lowest BCUT2D eigenvalue weighted by molar-refractivity contribution is -0.123. The maximum atomic E-state index is 13.1. The summed E-state index contributed by atoms with van der Waals surface area (Å²) in [4.78, 5) is 26.9. The van der Waals surface area contributed by atoms with Gasteiger partial charge in [0.2, 0.25) is 5.91 Å². The lowest BCUT2D eigenvalue weighted by Gasteiger charge is -2.30. The zero-order valence-electron chi connectivity index (χ0n) is 15.8. The van der Waals surface area contributed by atoms with Crippen LogP contribution in [0.15, 0.2) is 54.3 Å². The van der Waals surface area contributed by atoms with Crippen LogP contribution in [0.25, 0.3) is 6.08 Å². The number of carbonyl (C=O) groups excluding carboxylic acids is 2. The predicted molar refractivity (Wildman–Crippen MR) is 106 cm³/mol. The minimum Gasteiger partial charge on any atom is -0.449 e. The molecule has 6 nitrogen and oxygen atoms in total. The summed E-state index contributed by atoms with van der Waals surface area (Å²) in [6, 6.07) is 12.8. The van der Waals surface area contributed by atoms with Crippen LogP contribution < -0.4 is 15.0 Å². The molecule has 29 heavy (non-hydrogen) atoms. The van der Waals surface area contributed by atoms with Crippen molar-refractivity contribution in [3.05, 3.63) is 65.7 Å². The van der Waals surface area contributed by atoms with Gasteiger partial charge >= 0.3 is 0 Å². The molecule has 2 aromatic carbocycles. The minimum atomic E-state index is -0.430. The van der Waals surface area contributed by atoms with Crippen LogP contribution >= 0.6 is 0 Å². The van der Waals surface area contributed by atoms with E-state index in [9.17, 15) is 14.0 Å². The zero-order chi connectivity index (χ0) is 20.2. The highest BCUT2D eigenvalue weighted by atomic mass is 19.1. The second kappa shape index (κ2) is 8.45. The Morgan fingerprint density at radius 2 is 2.00 bits per heavy atom. The number of anilines is 1. The van der Waals surface area contributed by atoms with Crippen molar-refractivity contribution in [2.45, 2.75) is 18.9 Å². The largest absolute Gasteiger partial charge is 0.449 e. The van der Waals surface area contributed by atoms with E-state index in [2.05, 4.69) is 5.32 Å². The maximum absolute atomic E-state index is 13.1. The van der Waals surface area contributed by atoms with E-state index < -0.39 is 5.91 Å². The van der Waals surface area contributed by atoms with Crippen LogP contribution in [0.4, 0.5) is 10.1 Å². The Labute approximate surface area is 167 Å². The number of ether oxygens (including phenoxy) is 2. The van der Waals surface area contributed by atoms with E-state index in [0.29, 0.717) is 30.2 Å². The van der Waals surface area contributed by atoms with Crippen molar-refractivity contribution in [3.63, 3.8) is 0 Å². The highest BCUT2D eigenvalue weighted by Gasteiger charge is 2.31. The zero-order valence-corrected chi connectivity index (χ0v) is 15.8. The third-order valence-electron chi connectivity index (χ3n) is 4.85. The van der Waals surface area contributed by atoms with Crippen molar-refractivity contribution in [3.8, 4) is 5.75 Å². The standard InChI is InChI=1S/C22H21FN2O4/c23-16-9-7-15(8-10-16)12-20-22(27)25(18-5-1-2-6-19(18)29-20)14-21(26)24-13-17-4-3-11-28-17/h1-2,5-10,12,17H,3-4,11,13-14H2,(H,24,26)/b20-12+/t17-/m0/s1. The first-order valence-electron chi connectivity index (χ1n) is 9.54. The molecule has 0 saturated carbocycles. The SMILES string of the molecule is O=C(CN1C(=O)/C(=C\c2ccc(F)cc2)Oc2ccccc21)NC[C@@H]1CCCO1. The van der Waals surface area contributed by atoms with Crippen LogP contribution in [0, 0.1) is 5.82 Å². The summed E-state index contributed by atoms with van der Waals surface area (Å²) in [5.41, 5.74) is 1.15. The van der Waals surface area contributed by atoms with Gasteiger partial charge in [0.15, 0.2) is 11.5 Å². The third-order valence-corrected chi connectivity index (χ3v) is 4.85. The average Bonchev–Trinajstić information content (AvgIpc) is 3.25. The Kier molecular flexibility index (Phi) is 5.57. The average molecular weight is 396 g/mol. The molecule has 0 spiro atoms. The van der Waals surface area contributed by atoms with E-state index in [1.54, 1.807) is 36.4 Å². The van der Waals surface area contributed by atoms with Gasteiger partial charge in [-0.05, 0) is 48.7 Å². The third kappa shape index (κ3) is 4.46. The molecule has 1 fully saturated rings. The van der Waals surface area contributed by atoms with Gasteiger partial charge in [-0.1, -0.05) is 24.3 Å². The van der Waals surface area contributed by atoms with Crippen LogP contribution in [0.2, 0.25) is 0 Å². The number of nitrogens with one attached hydrogen (secondary N) is 1. The van der Waals surface area contributed by atoms with Gasteiger partial charge in [0.05, 0.1) is 11.8 Å². The van der Waals surface area contributed by atoms with E-state index >= 15 is 0 Å². The summed E-state index contributed by atoms with van der Waals surface area (Å²) in [5, 5.41) is 2.83. The highest BCUT2D eigenvalue weighted by molar-refractivity contribution is 6.12. The van der Waals surface area contributed by atoms with E-state index in [1.807, 2.05) is 0 Å². The van der Waals surface area contributed by atoms with E-state index in [-0.39, 0.29) is 30.1 Å². The van der Waals surface area contributed by atoms with Crippen LogP contribution in [0.3, 0.4) is 0 Å². The van der Waals surface area contributed by atoms with Crippen LogP contribution in [-0.2, 0) is 14.3 Å². The Bertz CT molecular complexity index is 936. The van der Waals surface area contributed by atoms with E-state index in [4.69, 9.17) is 9.47 Å². The minimum absolute atomic E-state index is 0.0283. The van der Waals surface area contributed by atoms with Crippen molar-refractivity contribution in [1.29, 1.82) is 0 Å². The van der Waals surface area contributed by atoms with Crippen LogP contribution in [0.5, 0.6) is 5.75 Å². The smallest absolute Gasteiger partial charge is 0.294 e. The summed E-state index contributed by atoms with van der Waals surface area (Å²) in [6.07, 6.45) is 3.48. The number of carbonyl (C=O) groups is 2. The first-order valence-corrected chi connectivity index (χ1v) is 9.54. The number of amides is 2. The molecule has 150 valence electrons. The lowest BCUT2D eigenvalue weighted by Crippen LogP contribution is -2.45. The maximum Gasteiger partial charge on any atom is 0.294 e. The van der Waals surface area contributed by atoms with E-state index in [1.165, 1.54) is 23.1 Å². The molecule has 1 saturated heterocycles. The quantitative estimate of drug-likeness (QED) is 0.790. The van der Waals surface area contributed by atoms with Gasteiger partial charge in [-0.2, -0.15) is 0 Å². The molecule has 7 heteroatoms. The molecule has 2 heterocycles. The molecule has 2 aliphatic heterocycles. The first-order chi connectivity index (χ1) is 14.1. The molecule has 1 N–H and O–H groups in total. The normalized spacial score (nSPS) is 19.8. The Morgan fingerprint density at radius 3 is 2.76 bits per heavy atom. The summed E-state index contributed by atoms with van der Waals surface area (Å²) >= 11 is 0. The number of hydrogen-bond donors (Lipinski definition) is 1. The summed E-state index contributed by atoms with van der Waals surface area (Å²) in [5.74, 6) is -0.514. The van der Waals surface area contributed by atoms with Crippen molar-refractivity contribution < 1.29 is 23.5 Å². The Hall–Kier alpha value is -3.19. The number of para-hydroxylation sites is 2. The second-order valence-electron chi connectivity index (χ2n) is 6.96. The number of benzene rings is 2. The van der Waals surface area contributed by atoms with Crippen molar-refractivity contribution >= 4 is 23.6 Å². The Balaban J connectivity index is 1.53. The van der Waals surface area contributed by atoms with Gasteiger partial charge in [0.1, 0.15) is 12.4 Å². The molecule has 1 atom stereocenters. The second-order valence-corrected chi connectivity index (χ2v) is 6.96. The molecular weight excluding hydrogens is 375 g/mol. The lowest BCUT2D eigenvalue weighted by atomic mass is 10.1. The topological polar surface area (TPSA) is 67.9 Å². The summed E-state index contributed by atoms with van der Waals surface area (Å²) < 4.78 is 24.4. The fraction of sp³-hybridized carbons (Fsp3) is 0.273. The van der Waals surface area contributed by atoms with Gasteiger partial charge < -0.3 is 14.8 Å². The molecule has 0 aliphatic carbocycles. The van der Waals surface area contributed by atoms with Gasteiger partial charge in [-0.15, -0.1) is 0 Å². The van der Waals surface area contributed by atoms with Gasteiger partial charge in [0, 0.05) is 13.2 Å². The molecule has 2 aromatic rings. The molecule has 0 radical (unpaired) electrons. The van der Waals surface area contributed by atoms with Crippen LogP contribution in [0.1, 0.15) is 18.4 Å². The monoisotopic (exact) mass is 396 g/mol. The van der Waals surface area contributed by atoms with Gasteiger partial charge in [-0.3, -0.25) is 14.5 Å². The Morgan fingerprint density at radius 1 is 1.21 bits per heavy atom. The van der Waals surface area contributed by atoms with Crippen molar-refractivity contribution in [1.82, 2.24) is 5.32 Å². The molecule has 0 aromatic heterocycles. The number of halogens is 1. The molecule has 0 unspecified atom stereocenters. The number of fused-ring (bicyclic) bond motifs is 1. The first kappa shape index (κ1) is 19.1. The molecule has 2 amide bonds. The van der Waals surface area contributed by atoms with E-state index in [0.717, 1.165) is 12.8 Å². The summed E-state index contributed by atoms with van der Waals surface area (Å²) in [6.45, 7) is 1.01. The van der Waals surface area contributed by atoms with Crippen molar-refractivity contribution in [2.24, 2.45) is 0 Å². The van der Waals surface area contributed by atoms with Crippen molar-refractivity contribution in [2.75, 3.05) is 24.6 Å². The summed E-state index contributed by atoms with van der Waals surface area (Å²) in [7, 11) is 0. The predicted octanol–water partition coefficient (Wildman–Crippen LogP) is 2.89. The van der Waals surface area contributed by atoms with Crippen LogP contribution in [-0.4, -0.2) is 37.6 Å².